The highest BCUT2D eigenvalue weighted by Crippen LogP contribution is 2.27. The number of hydrogen-bond donors (Lipinski definition) is 0. The Hall–Kier alpha value is -1.07. The van der Waals surface area contributed by atoms with Crippen molar-refractivity contribution < 1.29 is 13.2 Å². The molecule has 1 saturated heterocycles. The Bertz CT molecular complexity index is 642. The van der Waals surface area contributed by atoms with E-state index in [0.717, 1.165) is 31.2 Å². The normalized spacial score (nSPS) is 19.6. The molecule has 1 fully saturated rings. The lowest BCUT2D eigenvalue weighted by Gasteiger charge is -2.35. The summed E-state index contributed by atoms with van der Waals surface area (Å²) < 4.78 is 23.4. The molecule has 1 atom stereocenters. The van der Waals surface area contributed by atoms with Gasteiger partial charge in [0, 0.05) is 23.3 Å². The molecular weight excluding hydrogens is 310 g/mol. The van der Waals surface area contributed by atoms with E-state index in [0.29, 0.717) is 6.54 Å². The van der Waals surface area contributed by atoms with Crippen LogP contribution in [0.15, 0.2) is 23.1 Å². The number of carbonyl (C=O) groups excluding carboxylic acids is 1. The first-order chi connectivity index (χ1) is 9.84. The minimum Gasteiger partial charge on any atom is -0.336 e. The van der Waals surface area contributed by atoms with Gasteiger partial charge in [-0.1, -0.05) is 18.6 Å². The standard InChI is InChI=1S/C15H20ClNO3S/c1-3-12-6-4-5-9-17(12)15(18)13-10-11(2)7-8-14(13)21(16,19)20/h7-8,10,12H,3-6,9H2,1-2H3. The Morgan fingerprint density at radius 3 is 2.71 bits per heavy atom. The highest BCUT2D eigenvalue weighted by atomic mass is 35.7. The van der Waals surface area contributed by atoms with Crippen LogP contribution in [0.1, 0.15) is 48.5 Å². The Morgan fingerprint density at radius 1 is 1.38 bits per heavy atom. The molecule has 1 aliphatic rings. The molecule has 0 N–H and O–H groups in total. The van der Waals surface area contributed by atoms with Crippen molar-refractivity contribution in [1.29, 1.82) is 0 Å². The monoisotopic (exact) mass is 329 g/mol. The average molecular weight is 330 g/mol. The van der Waals surface area contributed by atoms with Crippen LogP contribution in [0.2, 0.25) is 0 Å². The van der Waals surface area contributed by atoms with Crippen LogP contribution in [0, 0.1) is 6.92 Å². The van der Waals surface area contributed by atoms with E-state index >= 15 is 0 Å². The maximum absolute atomic E-state index is 12.8. The van der Waals surface area contributed by atoms with Gasteiger partial charge in [0.15, 0.2) is 0 Å². The van der Waals surface area contributed by atoms with Gasteiger partial charge in [0.1, 0.15) is 0 Å². The summed E-state index contributed by atoms with van der Waals surface area (Å²) in [4.78, 5) is 14.5. The van der Waals surface area contributed by atoms with Crippen LogP contribution in [0.3, 0.4) is 0 Å². The third kappa shape index (κ3) is 3.58. The van der Waals surface area contributed by atoms with E-state index < -0.39 is 9.05 Å². The summed E-state index contributed by atoms with van der Waals surface area (Å²) in [6, 6.07) is 4.85. The van der Waals surface area contributed by atoms with Crippen molar-refractivity contribution in [2.75, 3.05) is 6.54 Å². The van der Waals surface area contributed by atoms with Crippen LogP contribution in [0.4, 0.5) is 0 Å². The van der Waals surface area contributed by atoms with E-state index in [1.165, 1.54) is 6.07 Å². The second kappa shape index (κ2) is 6.36. The van der Waals surface area contributed by atoms with Crippen LogP contribution in [0.5, 0.6) is 0 Å². The number of hydrogen-bond acceptors (Lipinski definition) is 3. The largest absolute Gasteiger partial charge is 0.336 e. The SMILES string of the molecule is CCC1CCCCN1C(=O)c1cc(C)ccc1S(=O)(=O)Cl. The van der Waals surface area contributed by atoms with E-state index in [1.54, 1.807) is 17.0 Å². The first-order valence-corrected chi connectivity index (χ1v) is 9.51. The second-order valence-corrected chi connectivity index (χ2v) is 8.03. The van der Waals surface area contributed by atoms with Crippen LogP contribution in [-0.4, -0.2) is 31.8 Å². The Labute approximate surface area is 130 Å². The first-order valence-electron chi connectivity index (χ1n) is 7.21. The summed E-state index contributed by atoms with van der Waals surface area (Å²) in [5.41, 5.74) is 1.03. The molecule has 116 valence electrons. The lowest BCUT2D eigenvalue weighted by molar-refractivity contribution is 0.0604. The minimum absolute atomic E-state index is 0.0970. The maximum atomic E-state index is 12.8. The first kappa shape index (κ1) is 16.3. The number of rotatable bonds is 3. The molecule has 0 spiro atoms. The zero-order valence-corrected chi connectivity index (χ0v) is 13.9. The van der Waals surface area contributed by atoms with Gasteiger partial charge in [0.25, 0.3) is 15.0 Å². The number of carbonyl (C=O) groups is 1. The van der Waals surface area contributed by atoms with E-state index in [-0.39, 0.29) is 22.4 Å². The van der Waals surface area contributed by atoms with Gasteiger partial charge in [0.05, 0.1) is 10.5 Å². The zero-order chi connectivity index (χ0) is 15.6. The number of aryl methyl sites for hydroxylation is 1. The lowest BCUT2D eigenvalue weighted by atomic mass is 9.98. The number of benzene rings is 1. The van der Waals surface area contributed by atoms with Gasteiger partial charge < -0.3 is 4.90 Å². The molecule has 0 bridgehead atoms. The fourth-order valence-corrected chi connectivity index (χ4v) is 3.91. The number of halogens is 1. The van der Waals surface area contributed by atoms with E-state index in [9.17, 15) is 13.2 Å². The lowest BCUT2D eigenvalue weighted by Crippen LogP contribution is -2.43. The average Bonchev–Trinajstić information content (AvgIpc) is 2.45. The third-order valence-electron chi connectivity index (χ3n) is 3.99. The Morgan fingerprint density at radius 2 is 2.10 bits per heavy atom. The molecule has 1 aromatic rings. The number of likely N-dealkylation sites (tertiary alicyclic amines) is 1. The van der Waals surface area contributed by atoms with Crippen LogP contribution in [-0.2, 0) is 9.05 Å². The topological polar surface area (TPSA) is 54.5 Å². The van der Waals surface area contributed by atoms with Crippen molar-refractivity contribution in [3.63, 3.8) is 0 Å². The molecule has 0 radical (unpaired) electrons. The maximum Gasteiger partial charge on any atom is 0.262 e. The Kier molecular flexibility index (Phi) is 4.94. The highest BCUT2D eigenvalue weighted by molar-refractivity contribution is 8.13. The van der Waals surface area contributed by atoms with Crippen molar-refractivity contribution in [2.45, 2.75) is 50.5 Å². The quantitative estimate of drug-likeness (QED) is 0.799. The van der Waals surface area contributed by atoms with Crippen molar-refractivity contribution in [1.82, 2.24) is 4.90 Å². The van der Waals surface area contributed by atoms with Gasteiger partial charge in [-0.3, -0.25) is 4.79 Å². The molecule has 0 saturated carbocycles. The molecular formula is C15H20ClNO3S. The predicted octanol–water partition coefficient (Wildman–Crippen LogP) is 3.33. The fraction of sp³-hybridized carbons (Fsp3) is 0.533. The van der Waals surface area contributed by atoms with Crippen molar-refractivity contribution in [3.05, 3.63) is 29.3 Å². The predicted molar refractivity (Wildman–Crippen MR) is 83.2 cm³/mol. The summed E-state index contributed by atoms with van der Waals surface area (Å²) in [6.45, 7) is 4.55. The molecule has 1 unspecified atom stereocenters. The van der Waals surface area contributed by atoms with Gasteiger partial charge in [-0.05, 0) is 44.7 Å². The summed E-state index contributed by atoms with van der Waals surface area (Å²) in [5.74, 6) is -0.232. The Balaban J connectivity index is 2.45. The van der Waals surface area contributed by atoms with Crippen LogP contribution >= 0.6 is 10.7 Å². The number of nitrogens with zero attached hydrogens (tertiary/aromatic N) is 1. The van der Waals surface area contributed by atoms with Crippen molar-refractivity contribution >= 4 is 25.6 Å². The van der Waals surface area contributed by atoms with Crippen LogP contribution in [0.25, 0.3) is 0 Å². The number of amides is 1. The van der Waals surface area contributed by atoms with Crippen LogP contribution < -0.4 is 0 Å². The van der Waals surface area contributed by atoms with E-state index in [1.807, 2.05) is 13.8 Å². The second-order valence-electron chi connectivity index (χ2n) is 5.49. The smallest absolute Gasteiger partial charge is 0.262 e. The van der Waals surface area contributed by atoms with E-state index in [4.69, 9.17) is 10.7 Å². The van der Waals surface area contributed by atoms with Gasteiger partial charge in [-0.25, -0.2) is 8.42 Å². The third-order valence-corrected chi connectivity index (χ3v) is 5.37. The molecule has 1 aromatic carbocycles. The summed E-state index contributed by atoms with van der Waals surface area (Å²) in [6.07, 6.45) is 3.91. The summed E-state index contributed by atoms with van der Waals surface area (Å²) in [5, 5.41) is 0. The van der Waals surface area contributed by atoms with Gasteiger partial charge in [0.2, 0.25) is 0 Å². The fourth-order valence-electron chi connectivity index (χ4n) is 2.87. The highest BCUT2D eigenvalue weighted by Gasteiger charge is 2.29. The molecule has 2 rings (SSSR count). The zero-order valence-electron chi connectivity index (χ0n) is 12.3. The van der Waals surface area contributed by atoms with Crippen molar-refractivity contribution in [2.24, 2.45) is 0 Å². The summed E-state index contributed by atoms with van der Waals surface area (Å²) >= 11 is 0. The molecule has 6 heteroatoms. The molecule has 1 amide bonds. The van der Waals surface area contributed by atoms with E-state index in [2.05, 4.69) is 0 Å². The van der Waals surface area contributed by atoms with Gasteiger partial charge >= 0.3 is 0 Å². The summed E-state index contributed by atoms with van der Waals surface area (Å²) in [7, 11) is 1.54. The molecule has 4 nitrogen and oxygen atoms in total. The molecule has 0 aromatic heterocycles. The molecule has 21 heavy (non-hydrogen) atoms. The van der Waals surface area contributed by atoms with Crippen molar-refractivity contribution in [3.8, 4) is 0 Å². The minimum atomic E-state index is -3.93. The van der Waals surface area contributed by atoms with Gasteiger partial charge in [-0.2, -0.15) is 0 Å². The molecule has 0 aliphatic carbocycles. The number of piperidine rings is 1. The molecule has 1 heterocycles. The van der Waals surface area contributed by atoms with Gasteiger partial charge in [-0.15, -0.1) is 0 Å². The molecule has 1 aliphatic heterocycles.